The average Bonchev–Trinajstić information content (AvgIpc) is 1.94. The molecule has 0 aromatic carbocycles. The first kappa shape index (κ1) is 12.7. The minimum absolute atomic E-state index is 0.0319. The third kappa shape index (κ3) is 8.83. The van der Waals surface area contributed by atoms with Crippen molar-refractivity contribution >= 4 is 12.0 Å². The Kier molecular flexibility index (Phi) is 4.97. The van der Waals surface area contributed by atoms with Gasteiger partial charge in [0.25, 0.3) is 0 Å². The second-order valence-electron chi connectivity index (χ2n) is 4.11. The van der Waals surface area contributed by atoms with Gasteiger partial charge in [0.15, 0.2) is 0 Å². The van der Waals surface area contributed by atoms with Gasteiger partial charge in [-0.05, 0) is 33.6 Å². The molecule has 0 heterocycles. The van der Waals surface area contributed by atoms with Crippen molar-refractivity contribution in [2.45, 2.75) is 39.2 Å². The topological polar surface area (TPSA) is 81.3 Å². The molecule has 2 amide bonds. The number of carboxylic acids is 1. The van der Waals surface area contributed by atoms with Crippen LogP contribution >= 0.6 is 0 Å². The van der Waals surface area contributed by atoms with Crippen molar-refractivity contribution in [3.63, 3.8) is 0 Å². The fourth-order valence-corrected chi connectivity index (χ4v) is 0.819. The van der Waals surface area contributed by atoms with Crippen molar-refractivity contribution < 1.29 is 14.7 Å². The molecule has 2 N–H and O–H groups in total. The molecule has 0 spiro atoms. The van der Waals surface area contributed by atoms with Crippen molar-refractivity contribution in [1.82, 2.24) is 10.6 Å². The van der Waals surface area contributed by atoms with Crippen LogP contribution in [0.25, 0.3) is 0 Å². The molecule has 5 heteroatoms. The summed E-state index contributed by atoms with van der Waals surface area (Å²) < 4.78 is 0. The monoisotopic (exact) mass is 201 g/mol. The Morgan fingerprint density at radius 1 is 1.29 bits per heavy atom. The highest BCUT2D eigenvalue weighted by atomic mass is 16.4. The Bertz CT molecular complexity index is 209. The Morgan fingerprint density at radius 3 is 2.29 bits per heavy atom. The minimum atomic E-state index is -1.09. The van der Waals surface area contributed by atoms with E-state index in [0.717, 1.165) is 0 Å². The Hall–Kier alpha value is -1.26. The molecule has 0 fully saturated rings. The van der Waals surface area contributed by atoms with Gasteiger partial charge in [-0.25, -0.2) is 4.79 Å². The van der Waals surface area contributed by atoms with Crippen LogP contribution in [0.15, 0.2) is 0 Å². The largest absolute Gasteiger partial charge is 0.550 e. The number of rotatable bonds is 4. The molecule has 0 bridgehead atoms. The van der Waals surface area contributed by atoms with E-state index < -0.39 is 5.97 Å². The second kappa shape index (κ2) is 5.47. The second-order valence-corrected chi connectivity index (χ2v) is 4.11. The van der Waals surface area contributed by atoms with Gasteiger partial charge >= 0.3 is 6.03 Å². The average molecular weight is 201 g/mol. The summed E-state index contributed by atoms with van der Waals surface area (Å²) in [6.45, 7) is 5.95. The number of carbonyl (C=O) groups is 2. The SMILES string of the molecule is CC(C)(C)NC(=O)NCCCC(=O)[O-]. The highest BCUT2D eigenvalue weighted by Crippen LogP contribution is 1.97. The zero-order valence-electron chi connectivity index (χ0n) is 8.85. The summed E-state index contributed by atoms with van der Waals surface area (Å²) in [6.07, 6.45) is 0.357. The van der Waals surface area contributed by atoms with E-state index in [-0.39, 0.29) is 18.0 Å². The Morgan fingerprint density at radius 2 is 1.86 bits per heavy atom. The van der Waals surface area contributed by atoms with Gasteiger partial charge < -0.3 is 20.5 Å². The molecule has 0 atom stereocenters. The number of carboxylic acid groups (broad SMARTS) is 1. The van der Waals surface area contributed by atoms with E-state index in [1.165, 1.54) is 0 Å². The van der Waals surface area contributed by atoms with Crippen molar-refractivity contribution in [1.29, 1.82) is 0 Å². The minimum Gasteiger partial charge on any atom is -0.550 e. The molecule has 82 valence electrons. The van der Waals surface area contributed by atoms with Crippen LogP contribution in [0.4, 0.5) is 4.79 Å². The van der Waals surface area contributed by atoms with Crippen LogP contribution in [-0.2, 0) is 4.79 Å². The summed E-state index contributed by atoms with van der Waals surface area (Å²) in [5, 5.41) is 15.3. The standard InChI is InChI=1S/C9H18N2O3/c1-9(2,3)11-8(14)10-6-4-5-7(12)13/h4-6H2,1-3H3,(H,12,13)(H2,10,11,14)/p-1. The molecule has 0 saturated heterocycles. The summed E-state index contributed by atoms with van der Waals surface area (Å²) in [6, 6.07) is -0.282. The lowest BCUT2D eigenvalue weighted by Crippen LogP contribution is -2.46. The zero-order valence-corrected chi connectivity index (χ0v) is 8.85. The van der Waals surface area contributed by atoms with Crippen LogP contribution in [0, 0.1) is 0 Å². The van der Waals surface area contributed by atoms with Gasteiger partial charge in [-0.15, -0.1) is 0 Å². The first-order chi connectivity index (χ1) is 6.31. The molecule has 0 aliphatic rings. The molecule has 14 heavy (non-hydrogen) atoms. The summed E-state index contributed by atoms with van der Waals surface area (Å²) >= 11 is 0. The lowest BCUT2D eigenvalue weighted by atomic mass is 10.1. The number of hydrogen-bond acceptors (Lipinski definition) is 3. The van der Waals surface area contributed by atoms with E-state index in [0.29, 0.717) is 13.0 Å². The van der Waals surface area contributed by atoms with Gasteiger partial charge in [0.2, 0.25) is 0 Å². The number of aliphatic carboxylic acids is 1. The van der Waals surface area contributed by atoms with E-state index >= 15 is 0 Å². The van der Waals surface area contributed by atoms with Gasteiger partial charge in [-0.1, -0.05) is 0 Å². The number of amides is 2. The van der Waals surface area contributed by atoms with Crippen molar-refractivity contribution in [2.24, 2.45) is 0 Å². The normalized spacial score (nSPS) is 10.8. The lowest BCUT2D eigenvalue weighted by Gasteiger charge is -2.20. The van der Waals surface area contributed by atoms with Gasteiger partial charge in [0.1, 0.15) is 0 Å². The van der Waals surface area contributed by atoms with Crippen LogP contribution in [0.1, 0.15) is 33.6 Å². The molecular formula is C9H17N2O3-. The highest BCUT2D eigenvalue weighted by molar-refractivity contribution is 5.74. The molecule has 0 aliphatic carbocycles. The first-order valence-electron chi connectivity index (χ1n) is 4.57. The Balaban J connectivity index is 3.50. The van der Waals surface area contributed by atoms with Gasteiger partial charge in [0, 0.05) is 18.1 Å². The van der Waals surface area contributed by atoms with E-state index in [1.807, 2.05) is 20.8 Å². The molecule has 0 radical (unpaired) electrons. The summed E-state index contributed by atoms with van der Waals surface area (Å²) in [7, 11) is 0. The van der Waals surface area contributed by atoms with Crippen LogP contribution in [-0.4, -0.2) is 24.1 Å². The zero-order chi connectivity index (χ0) is 11.2. The summed E-state index contributed by atoms with van der Waals surface area (Å²) in [4.78, 5) is 21.2. The predicted octanol–water partition coefficient (Wildman–Crippen LogP) is -0.386. The van der Waals surface area contributed by atoms with Gasteiger partial charge in [0.05, 0.1) is 0 Å². The number of hydrogen-bond donors (Lipinski definition) is 2. The fourth-order valence-electron chi connectivity index (χ4n) is 0.819. The Labute approximate surface area is 83.9 Å². The summed E-state index contributed by atoms with van der Waals surface area (Å²) in [5.74, 6) is -1.09. The molecule has 0 aromatic rings. The molecule has 0 rings (SSSR count). The number of nitrogens with one attached hydrogen (secondary N) is 2. The highest BCUT2D eigenvalue weighted by Gasteiger charge is 2.12. The number of carbonyl (C=O) groups excluding carboxylic acids is 2. The number of urea groups is 1. The molecule has 0 saturated carbocycles. The molecule has 0 aliphatic heterocycles. The van der Waals surface area contributed by atoms with Crippen LogP contribution in [0.5, 0.6) is 0 Å². The third-order valence-electron chi connectivity index (χ3n) is 1.33. The van der Waals surface area contributed by atoms with Crippen molar-refractivity contribution in [3.05, 3.63) is 0 Å². The maximum atomic E-state index is 11.1. The van der Waals surface area contributed by atoms with Crippen LogP contribution in [0.3, 0.4) is 0 Å². The third-order valence-corrected chi connectivity index (χ3v) is 1.33. The van der Waals surface area contributed by atoms with Crippen LogP contribution < -0.4 is 15.7 Å². The predicted molar refractivity (Wildman–Crippen MR) is 50.5 cm³/mol. The van der Waals surface area contributed by atoms with Crippen LogP contribution in [0.2, 0.25) is 0 Å². The molecule has 0 unspecified atom stereocenters. The maximum Gasteiger partial charge on any atom is 0.315 e. The summed E-state index contributed by atoms with van der Waals surface area (Å²) in [5.41, 5.74) is -0.279. The quantitative estimate of drug-likeness (QED) is 0.608. The van der Waals surface area contributed by atoms with Gasteiger partial charge in [-0.3, -0.25) is 0 Å². The van der Waals surface area contributed by atoms with Gasteiger partial charge in [-0.2, -0.15) is 0 Å². The fraction of sp³-hybridized carbons (Fsp3) is 0.778. The van der Waals surface area contributed by atoms with E-state index in [2.05, 4.69) is 10.6 Å². The van der Waals surface area contributed by atoms with E-state index in [4.69, 9.17) is 0 Å². The van der Waals surface area contributed by atoms with Crippen molar-refractivity contribution in [3.8, 4) is 0 Å². The molecule has 0 aromatic heterocycles. The first-order valence-corrected chi connectivity index (χ1v) is 4.57. The molecular weight excluding hydrogens is 184 g/mol. The lowest BCUT2D eigenvalue weighted by molar-refractivity contribution is -0.305. The maximum absolute atomic E-state index is 11.1. The molecule has 5 nitrogen and oxygen atoms in total. The van der Waals surface area contributed by atoms with E-state index in [9.17, 15) is 14.7 Å². The van der Waals surface area contributed by atoms with Crippen molar-refractivity contribution in [2.75, 3.05) is 6.54 Å². The smallest absolute Gasteiger partial charge is 0.315 e. The van der Waals surface area contributed by atoms with E-state index in [1.54, 1.807) is 0 Å².